The van der Waals surface area contributed by atoms with Crippen LogP contribution in [-0.2, 0) is 6.61 Å². The number of hydrogen-bond donors (Lipinski definition) is 1. The molecule has 2 fully saturated rings. The first-order valence-electron chi connectivity index (χ1n) is 15.5. The number of nitrogens with zero attached hydrogens (tertiary/aromatic N) is 2. The van der Waals surface area contributed by atoms with Gasteiger partial charge < -0.3 is 24.4 Å². The lowest BCUT2D eigenvalue weighted by Crippen LogP contribution is -2.53. The topological polar surface area (TPSA) is 63.3 Å². The molecule has 5 rings (SSSR count). The maximum Gasteiger partial charge on any atom is 0.322 e. The van der Waals surface area contributed by atoms with Crippen LogP contribution in [0.4, 0.5) is 10.5 Å². The summed E-state index contributed by atoms with van der Waals surface area (Å²) < 4.78 is 17.5. The molecule has 7 heteroatoms. The summed E-state index contributed by atoms with van der Waals surface area (Å²) in [6, 6.07) is 26.4. The van der Waals surface area contributed by atoms with Crippen molar-refractivity contribution in [2.24, 2.45) is 0 Å². The Morgan fingerprint density at radius 3 is 2.19 bits per heavy atom. The fraction of sp³-hybridized carbons (Fsp3) is 0.457. The number of benzene rings is 3. The number of anilines is 1. The first-order valence-corrected chi connectivity index (χ1v) is 15.5. The largest absolute Gasteiger partial charge is 0.497 e. The summed E-state index contributed by atoms with van der Waals surface area (Å²) in [7, 11) is 1.67. The third-order valence-electron chi connectivity index (χ3n) is 8.39. The number of likely N-dealkylation sites (tertiary alicyclic amines) is 1. The van der Waals surface area contributed by atoms with E-state index >= 15 is 0 Å². The smallest absolute Gasteiger partial charge is 0.322 e. The lowest BCUT2D eigenvalue weighted by molar-refractivity contribution is 0.185. The Labute approximate surface area is 250 Å². The Morgan fingerprint density at radius 1 is 0.833 bits per heavy atom. The van der Waals surface area contributed by atoms with Crippen LogP contribution in [-0.4, -0.2) is 56.4 Å². The fourth-order valence-electron chi connectivity index (χ4n) is 6.02. The van der Waals surface area contributed by atoms with E-state index in [1.807, 2.05) is 71.6 Å². The molecule has 1 N–H and O–H groups in total. The second-order valence-electron chi connectivity index (χ2n) is 11.3. The zero-order chi connectivity index (χ0) is 29.0. The predicted molar refractivity (Wildman–Crippen MR) is 168 cm³/mol. The number of urea groups is 1. The van der Waals surface area contributed by atoms with Gasteiger partial charge >= 0.3 is 6.03 Å². The highest BCUT2D eigenvalue weighted by Gasteiger charge is 2.30. The predicted octanol–water partition coefficient (Wildman–Crippen LogP) is 7.06. The van der Waals surface area contributed by atoms with Crippen LogP contribution in [0.1, 0.15) is 56.9 Å². The van der Waals surface area contributed by atoms with Crippen molar-refractivity contribution in [1.82, 2.24) is 10.2 Å². The minimum atomic E-state index is 0.0343. The highest BCUT2D eigenvalue weighted by Crippen LogP contribution is 2.29. The quantitative estimate of drug-likeness (QED) is 0.236. The zero-order valence-corrected chi connectivity index (χ0v) is 24.9. The highest BCUT2D eigenvalue weighted by molar-refractivity contribution is 5.93. The number of piperidine rings is 1. The maximum atomic E-state index is 13.6. The summed E-state index contributed by atoms with van der Waals surface area (Å²) in [6.45, 7) is 4.04. The molecule has 3 aromatic rings. The summed E-state index contributed by atoms with van der Waals surface area (Å²) in [5.74, 6) is 2.35. The van der Waals surface area contributed by atoms with E-state index in [0.717, 1.165) is 80.2 Å². The highest BCUT2D eigenvalue weighted by atomic mass is 16.5. The van der Waals surface area contributed by atoms with Crippen molar-refractivity contribution in [3.8, 4) is 17.2 Å². The first kappa shape index (κ1) is 29.8. The number of carbonyl (C=O) groups excluding carboxylic acids is 1. The standard InChI is InChI=1S/C35H45N3O4/c1-40-32-19-17-30(18-20-32)38(35(39)36-29-13-6-3-7-14-29)31-21-24-37(25-22-31)23-10-26-41-33-15-8-9-16-34(33)42-27-28-11-4-2-5-12-28/h2,4-5,8-9,11-12,15-20,29,31H,3,6-7,10,13-14,21-27H2,1H3,(H,36,39). The van der Waals surface area contributed by atoms with Crippen molar-refractivity contribution in [2.75, 3.05) is 38.3 Å². The van der Waals surface area contributed by atoms with E-state index in [2.05, 4.69) is 22.3 Å². The number of rotatable bonds is 12. The van der Waals surface area contributed by atoms with Gasteiger partial charge in [0.05, 0.1) is 13.7 Å². The number of hydrogen-bond acceptors (Lipinski definition) is 5. The fourth-order valence-corrected chi connectivity index (χ4v) is 6.02. The van der Waals surface area contributed by atoms with E-state index in [4.69, 9.17) is 14.2 Å². The molecule has 2 amide bonds. The molecule has 42 heavy (non-hydrogen) atoms. The van der Waals surface area contributed by atoms with Crippen molar-refractivity contribution in [3.05, 3.63) is 84.4 Å². The third kappa shape index (κ3) is 8.41. The normalized spacial score (nSPS) is 16.5. The van der Waals surface area contributed by atoms with Crippen LogP contribution >= 0.6 is 0 Å². The van der Waals surface area contributed by atoms with E-state index < -0.39 is 0 Å². The molecular weight excluding hydrogens is 526 g/mol. The number of carbonyl (C=O) groups is 1. The molecule has 0 radical (unpaired) electrons. The lowest BCUT2D eigenvalue weighted by Gasteiger charge is -2.39. The molecule has 0 unspecified atom stereocenters. The van der Waals surface area contributed by atoms with E-state index in [9.17, 15) is 4.79 Å². The molecule has 224 valence electrons. The van der Waals surface area contributed by atoms with Gasteiger partial charge in [-0.15, -0.1) is 0 Å². The Kier molecular flexibility index (Phi) is 11.0. The average molecular weight is 572 g/mol. The van der Waals surface area contributed by atoms with Crippen LogP contribution in [0.15, 0.2) is 78.9 Å². The van der Waals surface area contributed by atoms with Gasteiger partial charge in [-0.1, -0.05) is 61.7 Å². The monoisotopic (exact) mass is 571 g/mol. The van der Waals surface area contributed by atoms with E-state index in [1.54, 1.807) is 7.11 Å². The van der Waals surface area contributed by atoms with Gasteiger partial charge in [0.2, 0.25) is 0 Å². The maximum absolute atomic E-state index is 13.6. The van der Waals surface area contributed by atoms with Crippen LogP contribution in [0, 0.1) is 0 Å². The number of methoxy groups -OCH3 is 1. The number of nitrogens with one attached hydrogen (secondary N) is 1. The van der Waals surface area contributed by atoms with Crippen molar-refractivity contribution < 1.29 is 19.0 Å². The van der Waals surface area contributed by atoms with Crippen LogP contribution < -0.4 is 24.4 Å². The summed E-state index contributed by atoms with van der Waals surface area (Å²) in [5.41, 5.74) is 2.07. The Morgan fingerprint density at radius 2 is 1.50 bits per heavy atom. The number of para-hydroxylation sites is 2. The SMILES string of the molecule is COc1ccc(N(C(=O)NC2CCCCC2)C2CCN(CCCOc3ccccc3OCc3ccccc3)CC2)cc1. The molecule has 0 bridgehead atoms. The second-order valence-corrected chi connectivity index (χ2v) is 11.3. The Balaban J connectivity index is 1.10. The molecule has 1 aliphatic heterocycles. The minimum absolute atomic E-state index is 0.0343. The average Bonchev–Trinajstić information content (AvgIpc) is 3.04. The number of ether oxygens (including phenoxy) is 3. The zero-order valence-electron chi connectivity index (χ0n) is 24.9. The molecule has 1 heterocycles. The number of amides is 2. The van der Waals surface area contributed by atoms with E-state index in [0.29, 0.717) is 13.2 Å². The molecular formula is C35H45N3O4. The molecule has 0 spiro atoms. The molecule has 2 aliphatic rings. The van der Waals surface area contributed by atoms with Gasteiger partial charge in [-0.25, -0.2) is 4.79 Å². The van der Waals surface area contributed by atoms with Gasteiger partial charge in [0, 0.05) is 37.4 Å². The summed E-state index contributed by atoms with van der Waals surface area (Å²) in [4.78, 5) is 18.1. The molecule has 1 aliphatic carbocycles. The first-order chi connectivity index (χ1) is 20.7. The molecule has 7 nitrogen and oxygen atoms in total. The van der Waals surface area contributed by atoms with E-state index in [-0.39, 0.29) is 18.1 Å². The van der Waals surface area contributed by atoms with Gasteiger partial charge in [-0.05, 0) is 74.1 Å². The third-order valence-corrected chi connectivity index (χ3v) is 8.39. The lowest BCUT2D eigenvalue weighted by atomic mass is 9.95. The van der Waals surface area contributed by atoms with Gasteiger partial charge in [0.15, 0.2) is 11.5 Å². The second kappa shape index (κ2) is 15.5. The summed E-state index contributed by atoms with van der Waals surface area (Å²) >= 11 is 0. The van der Waals surface area contributed by atoms with Crippen molar-refractivity contribution in [3.63, 3.8) is 0 Å². The molecule has 0 atom stereocenters. The van der Waals surface area contributed by atoms with Gasteiger partial charge in [-0.3, -0.25) is 4.90 Å². The van der Waals surface area contributed by atoms with Crippen LogP contribution in [0.3, 0.4) is 0 Å². The van der Waals surface area contributed by atoms with Crippen LogP contribution in [0.5, 0.6) is 17.2 Å². The molecule has 3 aromatic carbocycles. The summed E-state index contributed by atoms with van der Waals surface area (Å²) in [6.07, 6.45) is 8.64. The van der Waals surface area contributed by atoms with Crippen LogP contribution in [0.25, 0.3) is 0 Å². The Hall–Kier alpha value is -3.71. The van der Waals surface area contributed by atoms with Crippen LogP contribution in [0.2, 0.25) is 0 Å². The summed E-state index contributed by atoms with van der Waals surface area (Å²) in [5, 5.41) is 3.35. The Bertz CT molecular complexity index is 1220. The van der Waals surface area contributed by atoms with Gasteiger partial charge in [0.25, 0.3) is 0 Å². The minimum Gasteiger partial charge on any atom is -0.497 e. The van der Waals surface area contributed by atoms with Gasteiger partial charge in [-0.2, -0.15) is 0 Å². The van der Waals surface area contributed by atoms with Crippen molar-refractivity contribution >= 4 is 11.7 Å². The van der Waals surface area contributed by atoms with Gasteiger partial charge in [0.1, 0.15) is 12.4 Å². The molecule has 1 saturated heterocycles. The molecule has 0 aromatic heterocycles. The van der Waals surface area contributed by atoms with Crippen molar-refractivity contribution in [1.29, 1.82) is 0 Å². The van der Waals surface area contributed by atoms with E-state index in [1.165, 1.54) is 19.3 Å². The molecule has 1 saturated carbocycles. The van der Waals surface area contributed by atoms with Crippen molar-refractivity contribution in [2.45, 2.75) is 70.1 Å².